The minimum atomic E-state index is 0.00138. The highest BCUT2D eigenvalue weighted by molar-refractivity contribution is 5.69. The molecule has 0 heterocycles. The molecule has 0 amide bonds. The molecule has 4 saturated carbocycles. The van der Waals surface area contributed by atoms with E-state index >= 15 is 0 Å². The molecule has 1 aromatic carbocycles. The third-order valence-electron chi connectivity index (χ3n) is 15.8. The van der Waals surface area contributed by atoms with Gasteiger partial charge in [-0.2, -0.15) is 0 Å². The van der Waals surface area contributed by atoms with Crippen molar-refractivity contribution in [2.24, 2.45) is 46.3 Å². The minimum absolute atomic E-state index is 0.00138. The van der Waals surface area contributed by atoms with Crippen LogP contribution < -0.4 is 11.5 Å². The van der Waals surface area contributed by atoms with E-state index in [1.54, 1.807) is 0 Å². The first-order valence-corrected chi connectivity index (χ1v) is 22.5. The number of hydrogen-bond acceptors (Lipinski definition) is 5. The molecule has 5 rings (SSSR count). The van der Waals surface area contributed by atoms with Gasteiger partial charge in [0.05, 0.1) is 12.7 Å². The summed E-state index contributed by atoms with van der Waals surface area (Å²) in [6.45, 7) is 10.5. The molecule has 1 aromatic rings. The number of esters is 1. The number of anilines is 2. The maximum absolute atomic E-state index is 12.8. The van der Waals surface area contributed by atoms with Gasteiger partial charge in [0, 0.05) is 24.9 Å². The predicted octanol–water partition coefficient (Wildman–Crippen LogP) is 12.7. The summed E-state index contributed by atoms with van der Waals surface area (Å²) < 4.78 is 12.1. The number of methoxy groups -OCH3 is 1. The van der Waals surface area contributed by atoms with Crippen molar-refractivity contribution in [3.8, 4) is 0 Å². The first-order chi connectivity index (χ1) is 25.1. The lowest BCUT2D eigenvalue weighted by molar-refractivity contribution is -0.144. The van der Waals surface area contributed by atoms with Crippen LogP contribution in [0.3, 0.4) is 0 Å². The molecular formula is C47H80N2O3. The van der Waals surface area contributed by atoms with E-state index < -0.39 is 0 Å². The molecule has 5 heteroatoms. The number of hydrogen-bond donors (Lipinski definition) is 2. The third-order valence-corrected chi connectivity index (χ3v) is 15.8. The van der Waals surface area contributed by atoms with Crippen molar-refractivity contribution < 1.29 is 14.3 Å². The van der Waals surface area contributed by atoms with E-state index in [9.17, 15) is 4.79 Å². The molecule has 0 bridgehead atoms. The van der Waals surface area contributed by atoms with Crippen molar-refractivity contribution in [3.63, 3.8) is 0 Å². The fourth-order valence-corrected chi connectivity index (χ4v) is 12.9. The van der Waals surface area contributed by atoms with Crippen LogP contribution in [0.15, 0.2) is 18.2 Å². The van der Waals surface area contributed by atoms with Crippen LogP contribution in [0, 0.1) is 46.3 Å². The average Bonchev–Trinajstić information content (AvgIpc) is 3.44. The van der Waals surface area contributed by atoms with Gasteiger partial charge in [-0.15, -0.1) is 0 Å². The molecule has 0 aromatic heterocycles. The number of nitrogens with two attached hydrogens (primary N) is 2. The summed E-state index contributed by atoms with van der Waals surface area (Å²) in [6, 6.07) is 6.18. The number of unbranched alkanes of at least 4 members (excludes halogenated alkanes) is 13. The van der Waals surface area contributed by atoms with Gasteiger partial charge in [0.25, 0.3) is 0 Å². The smallest absolute Gasteiger partial charge is 0.305 e. The molecule has 0 saturated heterocycles. The van der Waals surface area contributed by atoms with E-state index in [0.29, 0.717) is 42.3 Å². The molecule has 5 nitrogen and oxygen atoms in total. The van der Waals surface area contributed by atoms with Gasteiger partial charge >= 0.3 is 5.97 Å². The van der Waals surface area contributed by atoms with Crippen molar-refractivity contribution in [3.05, 3.63) is 23.8 Å². The van der Waals surface area contributed by atoms with Crippen LogP contribution in [0.1, 0.15) is 193 Å². The van der Waals surface area contributed by atoms with Gasteiger partial charge in [0.2, 0.25) is 0 Å². The first-order valence-electron chi connectivity index (χ1n) is 22.5. The molecule has 52 heavy (non-hydrogen) atoms. The van der Waals surface area contributed by atoms with E-state index in [-0.39, 0.29) is 11.4 Å². The number of nitrogen functional groups attached to an aromatic ring is 2. The van der Waals surface area contributed by atoms with Gasteiger partial charge in [-0.1, -0.05) is 117 Å². The molecule has 296 valence electrons. The molecule has 3 unspecified atom stereocenters. The van der Waals surface area contributed by atoms with Crippen molar-refractivity contribution in [2.75, 3.05) is 25.2 Å². The second kappa shape index (κ2) is 19.7. The second-order valence-corrected chi connectivity index (χ2v) is 18.9. The lowest BCUT2D eigenvalue weighted by Gasteiger charge is -2.61. The van der Waals surface area contributed by atoms with E-state index in [2.05, 4.69) is 33.8 Å². The molecular weight excluding hydrogens is 641 g/mol. The Morgan fingerprint density at radius 3 is 2.08 bits per heavy atom. The molecule has 0 aliphatic heterocycles. The second-order valence-electron chi connectivity index (χ2n) is 18.9. The summed E-state index contributed by atoms with van der Waals surface area (Å²) >= 11 is 0. The van der Waals surface area contributed by atoms with Crippen molar-refractivity contribution >= 4 is 17.3 Å². The van der Waals surface area contributed by atoms with Gasteiger partial charge in [-0.25, -0.2) is 0 Å². The summed E-state index contributed by atoms with van der Waals surface area (Å²) in [6.07, 6.45) is 30.9. The Morgan fingerprint density at radius 2 is 1.44 bits per heavy atom. The fraction of sp³-hybridized carbons (Fsp3) is 0.851. The largest absolute Gasteiger partial charge is 0.466 e. The zero-order valence-electron chi connectivity index (χ0n) is 34.4. The summed E-state index contributed by atoms with van der Waals surface area (Å²) in [5.41, 5.74) is 16.2. The highest BCUT2D eigenvalue weighted by Gasteiger charge is 2.63. The average molecular weight is 721 g/mol. The fourth-order valence-electron chi connectivity index (χ4n) is 12.9. The monoisotopic (exact) mass is 721 g/mol. The van der Waals surface area contributed by atoms with Gasteiger partial charge in [0.1, 0.15) is 0 Å². The Bertz CT molecular complexity index is 1230. The SMILES string of the molecule is CCCCCCCCCCCCCCCCOC(=O)CC[C@@H](C)[C@H]1C(OC)C[C@H]2[C@@H]3CCC4CC(c5ccc(N)cc5N)CC[C@]4(C)[C@H]3CC[C@]12C. The topological polar surface area (TPSA) is 87.6 Å². The number of ether oxygens (including phenoxy) is 2. The zero-order valence-corrected chi connectivity index (χ0v) is 34.4. The number of benzene rings is 1. The highest BCUT2D eigenvalue weighted by Crippen LogP contribution is 2.69. The first kappa shape index (κ1) is 41.4. The normalized spacial score (nSPS) is 33.2. The van der Waals surface area contributed by atoms with Crippen LogP contribution in [-0.4, -0.2) is 25.8 Å². The van der Waals surface area contributed by atoms with Gasteiger partial charge < -0.3 is 20.9 Å². The molecule has 4 aliphatic rings. The predicted molar refractivity (Wildman–Crippen MR) is 219 cm³/mol. The summed E-state index contributed by atoms with van der Waals surface area (Å²) in [7, 11) is 1.94. The van der Waals surface area contributed by atoms with E-state index in [0.717, 1.165) is 47.9 Å². The van der Waals surface area contributed by atoms with Crippen LogP contribution in [-0.2, 0) is 14.3 Å². The van der Waals surface area contributed by atoms with Gasteiger partial charge in [-0.05, 0) is 134 Å². The maximum atomic E-state index is 12.8. The number of rotatable bonds is 21. The number of carbonyl (C=O) groups is 1. The molecule has 4 N–H and O–H groups in total. The Balaban J connectivity index is 1.01. The lowest BCUT2D eigenvalue weighted by atomic mass is 9.43. The van der Waals surface area contributed by atoms with Crippen LogP contribution in [0.2, 0.25) is 0 Å². The highest BCUT2D eigenvalue weighted by atomic mass is 16.5. The van der Waals surface area contributed by atoms with Crippen molar-refractivity contribution in [2.45, 2.75) is 194 Å². The molecule has 0 spiro atoms. The Labute approximate surface area is 319 Å². The van der Waals surface area contributed by atoms with Crippen molar-refractivity contribution in [1.82, 2.24) is 0 Å². The molecule has 4 fully saturated rings. The summed E-state index contributed by atoms with van der Waals surface area (Å²) in [5, 5.41) is 0. The summed E-state index contributed by atoms with van der Waals surface area (Å²) in [5.74, 6) is 4.63. The number of carbonyl (C=O) groups excluding carboxylic acids is 1. The Morgan fingerprint density at radius 1 is 0.808 bits per heavy atom. The minimum Gasteiger partial charge on any atom is -0.466 e. The molecule has 4 aliphatic carbocycles. The van der Waals surface area contributed by atoms with Crippen LogP contribution in [0.5, 0.6) is 0 Å². The Kier molecular flexibility index (Phi) is 15.7. The summed E-state index contributed by atoms with van der Waals surface area (Å²) in [4.78, 5) is 12.8. The van der Waals surface area contributed by atoms with Gasteiger partial charge in [0.15, 0.2) is 0 Å². The van der Waals surface area contributed by atoms with E-state index in [4.69, 9.17) is 20.9 Å². The van der Waals surface area contributed by atoms with Crippen LogP contribution in [0.4, 0.5) is 11.4 Å². The third kappa shape index (κ3) is 9.91. The zero-order chi connectivity index (χ0) is 37.1. The quantitative estimate of drug-likeness (QED) is 0.0750. The lowest BCUT2D eigenvalue weighted by Crippen LogP contribution is -2.53. The molecule has 10 atom stereocenters. The number of fused-ring (bicyclic) bond motifs is 5. The van der Waals surface area contributed by atoms with Crippen LogP contribution >= 0.6 is 0 Å². The Hall–Kier alpha value is -1.75. The van der Waals surface area contributed by atoms with Gasteiger partial charge in [-0.3, -0.25) is 4.79 Å². The van der Waals surface area contributed by atoms with E-state index in [1.807, 2.05) is 19.2 Å². The maximum Gasteiger partial charge on any atom is 0.305 e. The standard InChI is InChI=1S/C47H80N2O3/c1-6-7-8-9-10-11-12-13-14-15-16-17-18-19-30-52-44(50)25-20-34(2)45-43(51-5)33-41-39-23-21-36-31-35(38-24-22-37(48)32-42(38)49)26-28-46(36,3)40(39)27-29-47(41,45)4/h22,24,32,34-36,39-41,43,45H,6-21,23,25-31,33,48-49H2,1-5H3/t34-,35?,36?,39-,40+,41+,43?,45+,46+,47+/m1/s1. The molecule has 0 radical (unpaired) electrons. The van der Waals surface area contributed by atoms with Crippen molar-refractivity contribution in [1.29, 1.82) is 0 Å². The van der Waals surface area contributed by atoms with Crippen LogP contribution in [0.25, 0.3) is 0 Å². The van der Waals surface area contributed by atoms with E-state index in [1.165, 1.54) is 140 Å².